The lowest BCUT2D eigenvalue weighted by atomic mass is 10.1. The summed E-state index contributed by atoms with van der Waals surface area (Å²) in [6, 6.07) is 5.55. The zero-order chi connectivity index (χ0) is 11.1. The Morgan fingerprint density at radius 1 is 1.20 bits per heavy atom. The van der Waals surface area contributed by atoms with Crippen molar-refractivity contribution < 1.29 is 0 Å². The van der Waals surface area contributed by atoms with Gasteiger partial charge in [0.25, 0.3) is 0 Å². The Hall–Kier alpha value is 0.0200. The van der Waals surface area contributed by atoms with E-state index in [4.69, 9.17) is 23.2 Å². The lowest BCUT2D eigenvalue weighted by molar-refractivity contribution is 0.829. The first kappa shape index (κ1) is 13.1. The maximum absolute atomic E-state index is 6.03. The molecule has 0 N–H and O–H groups in total. The summed E-state index contributed by atoms with van der Waals surface area (Å²) < 4.78 is 0. The van der Waals surface area contributed by atoms with Gasteiger partial charge in [-0.1, -0.05) is 57.4 Å². The molecule has 0 bridgehead atoms. The molecule has 0 aliphatic heterocycles. The molecule has 0 aliphatic rings. The first-order chi connectivity index (χ1) is 7.24. The van der Waals surface area contributed by atoms with Crippen LogP contribution in [0.4, 0.5) is 0 Å². The Morgan fingerprint density at radius 3 is 2.67 bits per heavy atom. The van der Waals surface area contributed by atoms with Gasteiger partial charge in [0.05, 0.1) is 0 Å². The van der Waals surface area contributed by atoms with E-state index >= 15 is 0 Å². The van der Waals surface area contributed by atoms with Gasteiger partial charge >= 0.3 is 0 Å². The van der Waals surface area contributed by atoms with Gasteiger partial charge in [0.2, 0.25) is 0 Å². The Labute approximate surface area is 109 Å². The fourth-order valence-corrected chi connectivity index (χ4v) is 2.07. The fourth-order valence-electron chi connectivity index (χ4n) is 1.20. The van der Waals surface area contributed by atoms with E-state index in [-0.39, 0.29) is 0 Å². The summed E-state index contributed by atoms with van der Waals surface area (Å²) in [6.07, 6.45) is 7.70. The van der Waals surface area contributed by atoms with Gasteiger partial charge in [-0.3, -0.25) is 0 Å². The molecular formula is C12H13BrCl2. The Kier molecular flexibility index (Phi) is 6.39. The van der Waals surface area contributed by atoms with Crippen LogP contribution >= 0.6 is 39.1 Å². The maximum atomic E-state index is 6.03. The topological polar surface area (TPSA) is 0 Å². The summed E-state index contributed by atoms with van der Waals surface area (Å²) in [6.45, 7) is 0. The number of unbranched alkanes of at least 4 members (excludes halogenated alkanes) is 2. The molecule has 0 saturated heterocycles. The van der Waals surface area contributed by atoms with Gasteiger partial charge in [-0.25, -0.2) is 0 Å². The Balaban J connectivity index is 2.49. The third-order valence-electron chi connectivity index (χ3n) is 2.01. The second-order valence-corrected chi connectivity index (χ2v) is 4.89. The molecule has 0 radical (unpaired) electrons. The molecule has 0 amide bonds. The van der Waals surface area contributed by atoms with Gasteiger partial charge in [-0.2, -0.15) is 0 Å². The van der Waals surface area contributed by atoms with Crippen LogP contribution in [0.1, 0.15) is 24.8 Å². The number of hydrogen-bond acceptors (Lipinski definition) is 0. The van der Waals surface area contributed by atoms with Crippen LogP contribution in [0, 0.1) is 0 Å². The van der Waals surface area contributed by atoms with Crippen LogP contribution in [0.3, 0.4) is 0 Å². The van der Waals surface area contributed by atoms with Gasteiger partial charge in [0, 0.05) is 15.4 Å². The van der Waals surface area contributed by atoms with Crippen molar-refractivity contribution >= 4 is 45.2 Å². The molecule has 1 rings (SSSR count). The van der Waals surface area contributed by atoms with E-state index in [1.165, 1.54) is 12.8 Å². The first-order valence-electron chi connectivity index (χ1n) is 4.91. The number of rotatable bonds is 5. The highest BCUT2D eigenvalue weighted by Crippen LogP contribution is 2.22. The standard InChI is InChI=1S/C12H13BrCl2/c13-8-4-2-1-3-5-10-6-7-11(14)9-12(10)15/h3,5-7,9H,1-2,4,8H2/b5-3-. The predicted molar refractivity (Wildman–Crippen MR) is 73.1 cm³/mol. The molecule has 1 aromatic carbocycles. The summed E-state index contributed by atoms with van der Waals surface area (Å²) >= 11 is 15.2. The van der Waals surface area contributed by atoms with Crippen molar-refractivity contribution in [2.75, 3.05) is 5.33 Å². The van der Waals surface area contributed by atoms with Crippen LogP contribution < -0.4 is 0 Å². The van der Waals surface area contributed by atoms with Gasteiger partial charge in [-0.15, -0.1) is 0 Å². The number of benzene rings is 1. The minimum absolute atomic E-state index is 0.677. The number of alkyl halides is 1. The van der Waals surface area contributed by atoms with Crippen LogP contribution in [0.5, 0.6) is 0 Å². The van der Waals surface area contributed by atoms with Crippen LogP contribution in [0.2, 0.25) is 10.0 Å². The highest BCUT2D eigenvalue weighted by molar-refractivity contribution is 9.09. The summed E-state index contributed by atoms with van der Waals surface area (Å²) in [5.41, 5.74) is 1.03. The second kappa shape index (κ2) is 7.32. The van der Waals surface area contributed by atoms with Crippen molar-refractivity contribution in [3.05, 3.63) is 39.9 Å². The highest BCUT2D eigenvalue weighted by Gasteiger charge is 1.96. The predicted octanol–water partition coefficient (Wildman–Crippen LogP) is 5.57. The van der Waals surface area contributed by atoms with Crippen molar-refractivity contribution in [2.24, 2.45) is 0 Å². The van der Waals surface area contributed by atoms with Crippen LogP contribution in [-0.2, 0) is 0 Å². The van der Waals surface area contributed by atoms with E-state index in [9.17, 15) is 0 Å². The van der Waals surface area contributed by atoms with Crippen LogP contribution in [0.25, 0.3) is 6.08 Å². The molecule has 15 heavy (non-hydrogen) atoms. The van der Waals surface area contributed by atoms with E-state index in [0.29, 0.717) is 10.0 Å². The van der Waals surface area contributed by atoms with Crippen molar-refractivity contribution in [2.45, 2.75) is 19.3 Å². The van der Waals surface area contributed by atoms with Crippen molar-refractivity contribution in [1.29, 1.82) is 0 Å². The third kappa shape index (κ3) is 5.05. The molecule has 0 aromatic heterocycles. The summed E-state index contributed by atoms with van der Waals surface area (Å²) in [4.78, 5) is 0. The average molecular weight is 308 g/mol. The average Bonchev–Trinajstić information content (AvgIpc) is 2.20. The van der Waals surface area contributed by atoms with Gasteiger partial charge in [-0.05, 0) is 37.0 Å². The first-order valence-corrected chi connectivity index (χ1v) is 6.79. The van der Waals surface area contributed by atoms with Crippen LogP contribution in [-0.4, -0.2) is 5.33 Å². The quantitative estimate of drug-likeness (QED) is 0.492. The van der Waals surface area contributed by atoms with Gasteiger partial charge < -0.3 is 0 Å². The number of allylic oxidation sites excluding steroid dienone is 1. The monoisotopic (exact) mass is 306 g/mol. The fraction of sp³-hybridized carbons (Fsp3) is 0.333. The zero-order valence-corrected chi connectivity index (χ0v) is 11.4. The normalized spacial score (nSPS) is 11.1. The van der Waals surface area contributed by atoms with Crippen molar-refractivity contribution in [3.63, 3.8) is 0 Å². The zero-order valence-electron chi connectivity index (χ0n) is 8.35. The van der Waals surface area contributed by atoms with E-state index in [1.54, 1.807) is 6.07 Å². The minimum Gasteiger partial charge on any atom is -0.0928 e. The summed E-state index contributed by atoms with van der Waals surface area (Å²) in [5, 5.41) is 2.46. The molecule has 0 unspecified atom stereocenters. The lowest BCUT2D eigenvalue weighted by Gasteiger charge is -1.98. The largest absolute Gasteiger partial charge is 0.0928 e. The molecule has 82 valence electrons. The van der Waals surface area contributed by atoms with E-state index < -0.39 is 0 Å². The molecular weight excluding hydrogens is 295 g/mol. The molecule has 0 heterocycles. The van der Waals surface area contributed by atoms with Gasteiger partial charge in [0.15, 0.2) is 0 Å². The SMILES string of the molecule is Clc1ccc(/C=C\CCCCBr)c(Cl)c1. The summed E-state index contributed by atoms with van der Waals surface area (Å²) in [5.74, 6) is 0. The van der Waals surface area contributed by atoms with Crippen molar-refractivity contribution in [3.8, 4) is 0 Å². The minimum atomic E-state index is 0.677. The van der Waals surface area contributed by atoms with Crippen LogP contribution in [0.15, 0.2) is 24.3 Å². The molecule has 0 fully saturated rings. The maximum Gasteiger partial charge on any atom is 0.0493 e. The van der Waals surface area contributed by atoms with E-state index in [1.807, 2.05) is 18.2 Å². The van der Waals surface area contributed by atoms with E-state index in [2.05, 4.69) is 22.0 Å². The second-order valence-electron chi connectivity index (χ2n) is 3.25. The lowest BCUT2D eigenvalue weighted by Crippen LogP contribution is -1.76. The molecule has 0 spiro atoms. The Bertz CT molecular complexity index is 334. The molecule has 3 heteroatoms. The highest BCUT2D eigenvalue weighted by atomic mass is 79.9. The number of hydrogen-bond donors (Lipinski definition) is 0. The molecule has 0 atom stereocenters. The molecule has 0 aliphatic carbocycles. The summed E-state index contributed by atoms with van der Waals surface area (Å²) in [7, 11) is 0. The van der Waals surface area contributed by atoms with E-state index in [0.717, 1.165) is 17.3 Å². The molecule has 0 saturated carbocycles. The smallest absolute Gasteiger partial charge is 0.0493 e. The third-order valence-corrected chi connectivity index (χ3v) is 3.14. The van der Waals surface area contributed by atoms with Gasteiger partial charge in [0.1, 0.15) is 0 Å². The number of halogens is 3. The Morgan fingerprint density at radius 2 is 2.00 bits per heavy atom. The molecule has 1 aromatic rings. The molecule has 0 nitrogen and oxygen atoms in total. The van der Waals surface area contributed by atoms with Crippen molar-refractivity contribution in [1.82, 2.24) is 0 Å².